The predicted molar refractivity (Wildman–Crippen MR) is 102 cm³/mol. The first-order chi connectivity index (χ1) is 12.4. The average molecular weight is 383 g/mol. The van der Waals surface area contributed by atoms with Crippen molar-refractivity contribution in [1.82, 2.24) is 14.5 Å². The van der Waals surface area contributed by atoms with E-state index in [1.807, 2.05) is 0 Å². The van der Waals surface area contributed by atoms with E-state index in [0.29, 0.717) is 6.54 Å². The Kier molecular flexibility index (Phi) is 6.26. The number of amides is 1. The van der Waals surface area contributed by atoms with E-state index in [-0.39, 0.29) is 23.9 Å². The summed E-state index contributed by atoms with van der Waals surface area (Å²) in [6.45, 7) is 10.2. The second-order valence-corrected chi connectivity index (χ2v) is 8.23. The largest absolute Gasteiger partial charge is 0.506 e. The minimum Gasteiger partial charge on any atom is -0.506 e. The molecular weight excluding hydrogens is 355 g/mol. The fourth-order valence-corrected chi connectivity index (χ4v) is 4.00. The Morgan fingerprint density at radius 3 is 2.50 bits per heavy atom. The standard InChI is InChI=1S/C18H27FN4O2S/c1-13(2)3-4-21-5-7-22(8-6-21)11-14-9-15(19)18(16(24)10-14)23-12-17(25)20-26-23/h9-10,13,24H,3-8,11-12H2,1-2H3,(H,20,25). The molecule has 26 heavy (non-hydrogen) atoms. The number of carbonyl (C=O) groups excluding carboxylic acids is 1. The molecule has 6 nitrogen and oxygen atoms in total. The number of carbonyl (C=O) groups is 1. The van der Waals surface area contributed by atoms with E-state index in [1.165, 1.54) is 16.8 Å². The molecule has 0 spiro atoms. The molecule has 0 bridgehead atoms. The zero-order valence-corrected chi connectivity index (χ0v) is 16.2. The maximum atomic E-state index is 14.5. The molecule has 0 aromatic heterocycles. The number of anilines is 1. The Bertz CT molecular complexity index is 627. The molecule has 1 amide bonds. The Hall–Kier alpha value is -1.51. The third kappa shape index (κ3) is 4.81. The number of rotatable bonds is 6. The van der Waals surface area contributed by atoms with Gasteiger partial charge in [-0.05, 0) is 36.6 Å². The van der Waals surface area contributed by atoms with Crippen molar-refractivity contribution in [2.45, 2.75) is 26.8 Å². The second-order valence-electron chi connectivity index (χ2n) is 7.40. The Balaban J connectivity index is 1.57. The molecule has 0 aliphatic carbocycles. The molecule has 144 valence electrons. The highest BCUT2D eigenvalue weighted by atomic mass is 32.2. The lowest BCUT2D eigenvalue weighted by Gasteiger charge is -2.35. The van der Waals surface area contributed by atoms with Crippen LogP contribution in [0.2, 0.25) is 0 Å². The lowest BCUT2D eigenvalue weighted by molar-refractivity contribution is -0.117. The maximum absolute atomic E-state index is 14.5. The van der Waals surface area contributed by atoms with Crippen LogP contribution < -0.4 is 9.03 Å². The fourth-order valence-electron chi connectivity index (χ4n) is 3.27. The Morgan fingerprint density at radius 2 is 1.92 bits per heavy atom. The van der Waals surface area contributed by atoms with Crippen LogP contribution in [0.15, 0.2) is 12.1 Å². The van der Waals surface area contributed by atoms with Gasteiger partial charge >= 0.3 is 0 Å². The first kappa shape index (κ1) is 19.3. The summed E-state index contributed by atoms with van der Waals surface area (Å²) in [5.74, 6) is -0.107. The topological polar surface area (TPSA) is 59.1 Å². The number of piperazine rings is 1. The van der Waals surface area contributed by atoms with Crippen molar-refractivity contribution in [2.24, 2.45) is 5.92 Å². The SMILES string of the molecule is CC(C)CCN1CCN(Cc2cc(O)c(N3CC(=O)NS3)c(F)c2)CC1. The number of hydrogen-bond acceptors (Lipinski definition) is 6. The summed E-state index contributed by atoms with van der Waals surface area (Å²) in [4.78, 5) is 16.1. The summed E-state index contributed by atoms with van der Waals surface area (Å²) in [5.41, 5.74) is 0.818. The number of hydrogen-bond donors (Lipinski definition) is 2. The van der Waals surface area contributed by atoms with Crippen LogP contribution in [-0.2, 0) is 11.3 Å². The highest BCUT2D eigenvalue weighted by molar-refractivity contribution is 7.99. The number of nitrogens with one attached hydrogen (secondary N) is 1. The van der Waals surface area contributed by atoms with Crippen molar-refractivity contribution < 1.29 is 14.3 Å². The van der Waals surface area contributed by atoms with E-state index >= 15 is 0 Å². The van der Waals surface area contributed by atoms with Crippen molar-refractivity contribution in [1.29, 1.82) is 0 Å². The van der Waals surface area contributed by atoms with Gasteiger partial charge in [0.1, 0.15) is 18.0 Å². The summed E-state index contributed by atoms with van der Waals surface area (Å²) >= 11 is 0.998. The number of halogens is 1. The van der Waals surface area contributed by atoms with Gasteiger partial charge in [0.2, 0.25) is 0 Å². The van der Waals surface area contributed by atoms with Crippen LogP contribution in [0, 0.1) is 11.7 Å². The van der Waals surface area contributed by atoms with E-state index in [9.17, 15) is 14.3 Å². The predicted octanol–water partition coefficient (Wildman–Crippen LogP) is 2.19. The third-order valence-corrected chi connectivity index (χ3v) is 5.65. The monoisotopic (exact) mass is 382 g/mol. The first-order valence-corrected chi connectivity index (χ1v) is 9.89. The fraction of sp³-hybridized carbons (Fsp3) is 0.611. The molecule has 2 heterocycles. The summed E-state index contributed by atoms with van der Waals surface area (Å²) in [7, 11) is 0. The molecule has 0 atom stereocenters. The minimum absolute atomic E-state index is 0.0346. The molecule has 0 saturated carbocycles. The number of phenols is 1. The normalized spacial score (nSPS) is 19.4. The lowest BCUT2D eigenvalue weighted by Crippen LogP contribution is -2.46. The molecule has 3 rings (SSSR count). The van der Waals surface area contributed by atoms with Gasteiger partial charge in [0.05, 0.1) is 12.1 Å². The van der Waals surface area contributed by atoms with Crippen LogP contribution in [0.1, 0.15) is 25.8 Å². The van der Waals surface area contributed by atoms with Crippen molar-refractivity contribution >= 4 is 23.7 Å². The summed E-state index contributed by atoms with van der Waals surface area (Å²) in [5, 5.41) is 10.3. The first-order valence-electron chi connectivity index (χ1n) is 9.12. The van der Waals surface area contributed by atoms with Gasteiger partial charge in [-0.3, -0.25) is 18.7 Å². The van der Waals surface area contributed by atoms with Crippen LogP contribution in [0.4, 0.5) is 10.1 Å². The molecule has 8 heteroatoms. The molecule has 0 unspecified atom stereocenters. The van der Waals surface area contributed by atoms with Crippen molar-refractivity contribution in [3.63, 3.8) is 0 Å². The van der Waals surface area contributed by atoms with Crippen LogP contribution in [0.5, 0.6) is 5.75 Å². The Labute approximate surface area is 158 Å². The zero-order valence-electron chi connectivity index (χ0n) is 15.4. The minimum atomic E-state index is -0.500. The van der Waals surface area contributed by atoms with Gasteiger partial charge in [-0.2, -0.15) is 0 Å². The molecule has 2 aliphatic rings. The van der Waals surface area contributed by atoms with Crippen LogP contribution in [0.25, 0.3) is 0 Å². The smallest absolute Gasteiger partial charge is 0.251 e. The molecule has 2 fully saturated rings. The second kappa shape index (κ2) is 8.45. The highest BCUT2D eigenvalue weighted by Gasteiger charge is 2.26. The summed E-state index contributed by atoms with van der Waals surface area (Å²) in [6, 6.07) is 3.07. The van der Waals surface area contributed by atoms with Gasteiger partial charge in [0.15, 0.2) is 5.82 Å². The quantitative estimate of drug-likeness (QED) is 0.736. The van der Waals surface area contributed by atoms with Gasteiger partial charge in [-0.25, -0.2) is 4.39 Å². The molecule has 2 aliphatic heterocycles. The number of nitrogens with zero attached hydrogens (tertiary/aromatic N) is 3. The van der Waals surface area contributed by atoms with Crippen molar-refractivity contribution in [2.75, 3.05) is 43.6 Å². The summed E-state index contributed by atoms with van der Waals surface area (Å²) < 4.78 is 18.5. The van der Waals surface area contributed by atoms with E-state index in [0.717, 1.165) is 56.3 Å². The van der Waals surface area contributed by atoms with E-state index in [4.69, 9.17) is 0 Å². The molecule has 2 saturated heterocycles. The number of aromatic hydroxyl groups is 1. The van der Waals surface area contributed by atoms with Crippen LogP contribution >= 0.6 is 12.1 Å². The molecule has 1 aromatic carbocycles. The lowest BCUT2D eigenvalue weighted by atomic mass is 10.1. The van der Waals surface area contributed by atoms with E-state index in [1.54, 1.807) is 6.07 Å². The molecular formula is C18H27FN4O2S. The maximum Gasteiger partial charge on any atom is 0.251 e. The van der Waals surface area contributed by atoms with E-state index in [2.05, 4.69) is 28.4 Å². The van der Waals surface area contributed by atoms with Gasteiger partial charge in [0.25, 0.3) is 5.91 Å². The van der Waals surface area contributed by atoms with E-state index < -0.39 is 5.82 Å². The Morgan fingerprint density at radius 1 is 1.23 bits per heavy atom. The zero-order chi connectivity index (χ0) is 18.7. The van der Waals surface area contributed by atoms with Crippen LogP contribution in [0.3, 0.4) is 0 Å². The number of benzene rings is 1. The van der Waals surface area contributed by atoms with Gasteiger partial charge in [-0.1, -0.05) is 13.8 Å². The summed E-state index contributed by atoms with van der Waals surface area (Å²) in [6.07, 6.45) is 1.21. The number of phenolic OH excluding ortho intramolecular Hbond substituents is 1. The van der Waals surface area contributed by atoms with Crippen LogP contribution in [-0.4, -0.2) is 60.1 Å². The van der Waals surface area contributed by atoms with Gasteiger partial charge in [-0.15, -0.1) is 0 Å². The molecule has 0 radical (unpaired) electrons. The molecule has 2 N–H and O–H groups in total. The highest BCUT2D eigenvalue weighted by Crippen LogP contribution is 2.36. The average Bonchev–Trinajstić information content (AvgIpc) is 2.99. The van der Waals surface area contributed by atoms with Crippen molar-refractivity contribution in [3.8, 4) is 5.75 Å². The van der Waals surface area contributed by atoms with Gasteiger partial charge in [0, 0.05) is 32.7 Å². The van der Waals surface area contributed by atoms with Crippen molar-refractivity contribution in [3.05, 3.63) is 23.5 Å². The third-order valence-electron chi connectivity index (χ3n) is 4.80. The molecule has 1 aromatic rings. The van der Waals surface area contributed by atoms with Gasteiger partial charge < -0.3 is 10.0 Å².